The second kappa shape index (κ2) is 8.53. The maximum absolute atomic E-state index is 13.5. The van der Waals surface area contributed by atoms with Gasteiger partial charge in [0.25, 0.3) is 0 Å². The molecular formula is C28H25ClO4. The van der Waals surface area contributed by atoms with Gasteiger partial charge in [0.05, 0.1) is 10.9 Å². The second-order valence-corrected chi connectivity index (χ2v) is 9.68. The highest BCUT2D eigenvalue weighted by atomic mass is 35.5. The van der Waals surface area contributed by atoms with Gasteiger partial charge < -0.3 is 9.15 Å². The van der Waals surface area contributed by atoms with Crippen molar-refractivity contribution >= 4 is 28.5 Å². The predicted octanol–water partition coefficient (Wildman–Crippen LogP) is 7.25. The number of halogens is 1. The first kappa shape index (κ1) is 22.8. The fourth-order valence-electron chi connectivity index (χ4n) is 3.58. The van der Waals surface area contributed by atoms with Crippen LogP contribution in [0.3, 0.4) is 0 Å². The summed E-state index contributed by atoms with van der Waals surface area (Å²) in [7, 11) is 0. The number of hydrogen-bond donors (Lipinski definition) is 0. The predicted molar refractivity (Wildman–Crippen MR) is 133 cm³/mol. The third-order valence-corrected chi connectivity index (χ3v) is 6.00. The maximum Gasteiger partial charge on any atom is 0.343 e. The van der Waals surface area contributed by atoms with Crippen molar-refractivity contribution in [2.24, 2.45) is 0 Å². The summed E-state index contributed by atoms with van der Waals surface area (Å²) in [4.78, 5) is 26.3. The molecule has 0 saturated heterocycles. The van der Waals surface area contributed by atoms with E-state index in [-0.39, 0.29) is 22.5 Å². The summed E-state index contributed by atoms with van der Waals surface area (Å²) in [6.45, 7) is 10.3. The third kappa shape index (κ3) is 4.57. The van der Waals surface area contributed by atoms with E-state index in [1.54, 1.807) is 30.3 Å². The zero-order valence-electron chi connectivity index (χ0n) is 19.3. The minimum atomic E-state index is -0.658. The van der Waals surface area contributed by atoms with Crippen LogP contribution in [-0.4, -0.2) is 5.97 Å². The molecule has 0 saturated carbocycles. The SMILES string of the molecule is Cc1cc2oc(-c3ccc(C(C)(C)C)cc3)c(OC(=O)c3ccc(Cl)cc3)c(=O)c2cc1C. The van der Waals surface area contributed by atoms with Gasteiger partial charge in [-0.2, -0.15) is 0 Å². The summed E-state index contributed by atoms with van der Waals surface area (Å²) in [5, 5.41) is 0.870. The van der Waals surface area contributed by atoms with Gasteiger partial charge in [0.15, 0.2) is 5.76 Å². The third-order valence-electron chi connectivity index (χ3n) is 5.75. The van der Waals surface area contributed by atoms with Gasteiger partial charge in [-0.1, -0.05) is 56.6 Å². The summed E-state index contributed by atoms with van der Waals surface area (Å²) in [6, 6.07) is 17.6. The number of rotatable bonds is 3. The number of esters is 1. The van der Waals surface area contributed by atoms with Crippen molar-refractivity contribution in [3.63, 3.8) is 0 Å². The Bertz CT molecular complexity index is 1410. The average molecular weight is 461 g/mol. The molecule has 0 aliphatic rings. The van der Waals surface area contributed by atoms with Crippen molar-refractivity contribution < 1.29 is 13.9 Å². The number of fused-ring (bicyclic) bond motifs is 1. The Hall–Kier alpha value is -3.37. The molecule has 5 heteroatoms. The van der Waals surface area contributed by atoms with Gasteiger partial charge >= 0.3 is 5.97 Å². The van der Waals surface area contributed by atoms with E-state index in [1.165, 1.54) is 0 Å². The molecule has 33 heavy (non-hydrogen) atoms. The minimum absolute atomic E-state index is 0.0265. The minimum Gasteiger partial charge on any atom is -0.452 e. The zero-order chi connectivity index (χ0) is 23.9. The molecule has 0 aliphatic carbocycles. The van der Waals surface area contributed by atoms with Crippen LogP contribution in [0.5, 0.6) is 5.75 Å². The monoisotopic (exact) mass is 460 g/mol. The normalized spacial score (nSPS) is 11.6. The number of benzene rings is 3. The van der Waals surface area contributed by atoms with Crippen LogP contribution < -0.4 is 10.2 Å². The molecule has 1 aromatic heterocycles. The van der Waals surface area contributed by atoms with Gasteiger partial charge in [-0.05, 0) is 72.4 Å². The summed E-state index contributed by atoms with van der Waals surface area (Å²) >= 11 is 5.93. The van der Waals surface area contributed by atoms with Crippen LogP contribution in [0.25, 0.3) is 22.3 Å². The standard InChI is InChI=1S/C28H25ClO4/c1-16-14-22-23(15-17(16)2)32-25(18-6-10-20(11-7-18)28(3,4)5)26(24(22)30)33-27(31)19-8-12-21(29)13-9-19/h6-15H,1-5H3. The fraction of sp³-hybridized carbons (Fsp3) is 0.214. The lowest BCUT2D eigenvalue weighted by Gasteiger charge is -2.19. The Morgan fingerprint density at radius 1 is 0.909 bits per heavy atom. The quantitative estimate of drug-likeness (QED) is 0.302. The highest BCUT2D eigenvalue weighted by Crippen LogP contribution is 2.34. The van der Waals surface area contributed by atoms with Crippen molar-refractivity contribution in [1.29, 1.82) is 0 Å². The molecule has 0 unspecified atom stereocenters. The Morgan fingerprint density at radius 2 is 1.52 bits per heavy atom. The molecule has 0 bridgehead atoms. The maximum atomic E-state index is 13.5. The Morgan fingerprint density at radius 3 is 2.12 bits per heavy atom. The molecule has 0 aliphatic heterocycles. The van der Waals surface area contributed by atoms with E-state index in [9.17, 15) is 9.59 Å². The van der Waals surface area contributed by atoms with Crippen LogP contribution in [0.1, 0.15) is 47.8 Å². The van der Waals surface area contributed by atoms with E-state index in [4.69, 9.17) is 20.8 Å². The molecule has 168 valence electrons. The topological polar surface area (TPSA) is 56.5 Å². The van der Waals surface area contributed by atoms with Crippen LogP contribution in [0, 0.1) is 13.8 Å². The number of ether oxygens (including phenoxy) is 1. The number of carbonyl (C=O) groups is 1. The summed E-state index contributed by atoms with van der Waals surface area (Å²) in [5.74, 6) is -0.567. The first-order chi connectivity index (χ1) is 15.5. The molecule has 4 aromatic rings. The van der Waals surface area contributed by atoms with Gasteiger partial charge in [-0.3, -0.25) is 4.79 Å². The molecule has 0 spiro atoms. The molecular weight excluding hydrogens is 436 g/mol. The van der Waals surface area contributed by atoms with E-state index < -0.39 is 11.4 Å². The van der Waals surface area contributed by atoms with Crippen LogP contribution in [-0.2, 0) is 5.41 Å². The average Bonchev–Trinajstić information content (AvgIpc) is 2.77. The van der Waals surface area contributed by atoms with E-state index in [2.05, 4.69) is 20.8 Å². The highest BCUT2D eigenvalue weighted by molar-refractivity contribution is 6.30. The second-order valence-electron chi connectivity index (χ2n) is 9.25. The molecule has 4 nitrogen and oxygen atoms in total. The lowest BCUT2D eigenvalue weighted by Crippen LogP contribution is -2.16. The van der Waals surface area contributed by atoms with Crippen molar-refractivity contribution in [1.82, 2.24) is 0 Å². The fourth-order valence-corrected chi connectivity index (χ4v) is 3.70. The van der Waals surface area contributed by atoms with Crippen molar-refractivity contribution in [2.45, 2.75) is 40.0 Å². The van der Waals surface area contributed by atoms with Gasteiger partial charge in [-0.25, -0.2) is 4.79 Å². The van der Waals surface area contributed by atoms with Crippen LogP contribution in [0.15, 0.2) is 69.9 Å². The van der Waals surface area contributed by atoms with Crippen molar-refractivity contribution in [3.05, 3.63) is 98.2 Å². The molecule has 0 fully saturated rings. The number of hydrogen-bond acceptors (Lipinski definition) is 4. The summed E-state index contributed by atoms with van der Waals surface area (Å²) in [6.07, 6.45) is 0. The molecule has 0 amide bonds. The van der Waals surface area contributed by atoms with E-state index in [0.717, 1.165) is 16.7 Å². The lowest BCUT2D eigenvalue weighted by atomic mass is 9.86. The lowest BCUT2D eigenvalue weighted by molar-refractivity contribution is 0.0731. The first-order valence-corrected chi connectivity index (χ1v) is 11.1. The van der Waals surface area contributed by atoms with Crippen LogP contribution in [0.4, 0.5) is 0 Å². The first-order valence-electron chi connectivity index (χ1n) is 10.7. The molecule has 3 aromatic carbocycles. The molecule has 4 rings (SSSR count). The number of aryl methyl sites for hydroxylation is 2. The Labute approximate surface area is 197 Å². The van der Waals surface area contributed by atoms with Crippen LogP contribution in [0.2, 0.25) is 5.02 Å². The van der Waals surface area contributed by atoms with Crippen molar-refractivity contribution in [3.8, 4) is 17.1 Å². The van der Waals surface area contributed by atoms with Crippen molar-refractivity contribution in [2.75, 3.05) is 0 Å². The summed E-state index contributed by atoms with van der Waals surface area (Å²) in [5.41, 5.74) is 4.06. The van der Waals surface area contributed by atoms with Crippen LogP contribution >= 0.6 is 11.6 Å². The number of carbonyl (C=O) groups excluding carboxylic acids is 1. The molecule has 0 N–H and O–H groups in total. The van der Waals surface area contributed by atoms with Gasteiger partial charge in [0.2, 0.25) is 11.2 Å². The molecule has 1 heterocycles. The zero-order valence-corrected chi connectivity index (χ0v) is 20.0. The highest BCUT2D eigenvalue weighted by Gasteiger charge is 2.22. The summed E-state index contributed by atoms with van der Waals surface area (Å²) < 4.78 is 11.8. The smallest absolute Gasteiger partial charge is 0.343 e. The molecule has 0 atom stereocenters. The van der Waals surface area contributed by atoms with E-state index in [1.807, 2.05) is 44.2 Å². The molecule has 0 radical (unpaired) electrons. The van der Waals surface area contributed by atoms with E-state index >= 15 is 0 Å². The van der Waals surface area contributed by atoms with E-state index in [0.29, 0.717) is 21.6 Å². The van der Waals surface area contributed by atoms with Gasteiger partial charge in [-0.15, -0.1) is 0 Å². The Balaban J connectivity index is 1.90. The largest absolute Gasteiger partial charge is 0.452 e. The Kier molecular flexibility index (Phi) is 5.89. The van der Waals surface area contributed by atoms with Gasteiger partial charge in [0.1, 0.15) is 5.58 Å². The van der Waals surface area contributed by atoms with Gasteiger partial charge in [0, 0.05) is 10.6 Å².